The van der Waals surface area contributed by atoms with Crippen molar-refractivity contribution in [2.75, 3.05) is 17.4 Å². The molecule has 2 amide bonds. The van der Waals surface area contributed by atoms with E-state index in [0.717, 1.165) is 22.0 Å². The van der Waals surface area contributed by atoms with E-state index in [1.807, 2.05) is 37.3 Å². The van der Waals surface area contributed by atoms with Crippen LogP contribution in [0.3, 0.4) is 0 Å². The average Bonchev–Trinajstić information content (AvgIpc) is 3.03. The largest absolute Gasteiger partial charge is 0.354 e. The first-order valence-electron chi connectivity index (χ1n) is 14.0. The molecule has 1 N–H and O–H groups in total. The monoisotopic (exact) mass is 655 g/mol. The van der Waals surface area contributed by atoms with Crippen molar-refractivity contribution in [3.8, 4) is 0 Å². The number of carbonyl (C=O) groups is 2. The van der Waals surface area contributed by atoms with Gasteiger partial charge in [0.05, 0.1) is 20.6 Å². The number of sulfonamides is 1. The number of hydrogen-bond acceptors (Lipinski definition) is 4. The molecule has 0 bridgehead atoms. The number of amides is 2. The van der Waals surface area contributed by atoms with Gasteiger partial charge in [-0.05, 0) is 66.1 Å². The van der Waals surface area contributed by atoms with Crippen molar-refractivity contribution in [1.82, 2.24) is 10.2 Å². The molecule has 11 heteroatoms. The van der Waals surface area contributed by atoms with E-state index < -0.39 is 34.3 Å². The number of carbonyl (C=O) groups excluding carboxylic acids is 2. The Bertz CT molecular complexity index is 1670. The zero-order chi connectivity index (χ0) is 31.7. The second-order valence-electron chi connectivity index (χ2n) is 10.1. The third-order valence-electron chi connectivity index (χ3n) is 6.88. The minimum Gasteiger partial charge on any atom is -0.354 e. The SMILES string of the molecule is CCCNC(=O)C(Cc1ccccc1)N(Cc1ccc(Cl)c(Cl)c1)C(=O)CN(c1ccc(F)cc1)S(=O)(=O)c1ccccc1. The van der Waals surface area contributed by atoms with Crippen LogP contribution in [0.2, 0.25) is 10.0 Å². The molecule has 4 aromatic carbocycles. The Balaban J connectivity index is 1.80. The van der Waals surface area contributed by atoms with Crippen LogP contribution < -0.4 is 9.62 Å². The highest BCUT2D eigenvalue weighted by molar-refractivity contribution is 7.92. The Hall–Kier alpha value is -3.92. The molecule has 0 fully saturated rings. The molecule has 0 radical (unpaired) electrons. The molecule has 1 atom stereocenters. The molecular formula is C33H32Cl2FN3O4S. The van der Waals surface area contributed by atoms with Crippen LogP contribution in [-0.2, 0) is 32.6 Å². The van der Waals surface area contributed by atoms with Gasteiger partial charge in [-0.3, -0.25) is 13.9 Å². The van der Waals surface area contributed by atoms with Crippen molar-refractivity contribution in [2.45, 2.75) is 37.2 Å². The van der Waals surface area contributed by atoms with Gasteiger partial charge in [0, 0.05) is 19.5 Å². The van der Waals surface area contributed by atoms with Gasteiger partial charge in [0.25, 0.3) is 10.0 Å². The highest BCUT2D eigenvalue weighted by Gasteiger charge is 2.34. The van der Waals surface area contributed by atoms with Gasteiger partial charge in [-0.2, -0.15) is 0 Å². The first kappa shape index (κ1) is 33.0. The van der Waals surface area contributed by atoms with Gasteiger partial charge in [-0.1, -0.05) is 84.7 Å². The molecule has 0 saturated carbocycles. The third-order valence-corrected chi connectivity index (χ3v) is 9.41. The number of rotatable bonds is 13. The van der Waals surface area contributed by atoms with Crippen molar-refractivity contribution in [2.24, 2.45) is 0 Å². The van der Waals surface area contributed by atoms with Gasteiger partial charge in [-0.25, -0.2) is 12.8 Å². The Labute approximate surface area is 267 Å². The predicted molar refractivity (Wildman–Crippen MR) is 172 cm³/mol. The summed E-state index contributed by atoms with van der Waals surface area (Å²) in [6.45, 7) is 1.59. The number of anilines is 1. The summed E-state index contributed by atoms with van der Waals surface area (Å²) in [6, 6.07) is 25.6. The maximum absolute atomic E-state index is 14.3. The quantitative estimate of drug-likeness (QED) is 0.178. The van der Waals surface area contributed by atoms with E-state index in [-0.39, 0.29) is 34.5 Å². The number of halogens is 3. The lowest BCUT2D eigenvalue weighted by Gasteiger charge is -2.34. The molecule has 0 aliphatic rings. The van der Waals surface area contributed by atoms with E-state index in [1.54, 1.807) is 36.4 Å². The summed E-state index contributed by atoms with van der Waals surface area (Å²) in [7, 11) is -4.28. The van der Waals surface area contributed by atoms with Gasteiger partial charge in [0.2, 0.25) is 11.8 Å². The number of benzene rings is 4. The topological polar surface area (TPSA) is 86.8 Å². The molecule has 0 aromatic heterocycles. The van der Waals surface area contributed by atoms with Crippen LogP contribution in [0.4, 0.5) is 10.1 Å². The van der Waals surface area contributed by atoms with Gasteiger partial charge >= 0.3 is 0 Å². The molecule has 230 valence electrons. The zero-order valence-corrected chi connectivity index (χ0v) is 26.3. The summed E-state index contributed by atoms with van der Waals surface area (Å²) in [5, 5.41) is 3.48. The summed E-state index contributed by atoms with van der Waals surface area (Å²) >= 11 is 12.4. The van der Waals surface area contributed by atoms with Crippen LogP contribution in [0.15, 0.2) is 108 Å². The van der Waals surface area contributed by atoms with Crippen LogP contribution in [0.25, 0.3) is 0 Å². The number of nitrogens with zero attached hydrogens (tertiary/aromatic N) is 2. The number of nitrogens with one attached hydrogen (secondary N) is 1. The maximum atomic E-state index is 14.3. The normalized spacial score (nSPS) is 11.9. The Kier molecular flexibility index (Phi) is 11.4. The maximum Gasteiger partial charge on any atom is 0.264 e. The lowest BCUT2D eigenvalue weighted by Crippen LogP contribution is -2.53. The molecule has 0 aliphatic heterocycles. The number of hydrogen-bond donors (Lipinski definition) is 1. The standard InChI is InChI=1S/C33H32Cl2FN3O4S/c1-2-19-37-33(41)31(21-24-9-5-3-6-10-24)38(22-25-13-18-29(34)30(35)20-25)32(40)23-39(27-16-14-26(36)15-17-27)44(42,43)28-11-7-4-8-12-28/h3-18,20,31H,2,19,21-23H2,1H3,(H,37,41). The fraction of sp³-hybridized carbons (Fsp3) is 0.212. The summed E-state index contributed by atoms with van der Waals surface area (Å²) in [5.74, 6) is -1.59. The van der Waals surface area contributed by atoms with Gasteiger partial charge in [0.15, 0.2) is 0 Å². The highest BCUT2D eigenvalue weighted by Crippen LogP contribution is 2.27. The van der Waals surface area contributed by atoms with E-state index in [1.165, 1.54) is 29.2 Å². The minimum atomic E-state index is -4.28. The van der Waals surface area contributed by atoms with E-state index in [0.29, 0.717) is 23.6 Å². The van der Waals surface area contributed by atoms with Gasteiger partial charge in [-0.15, -0.1) is 0 Å². The Morgan fingerprint density at radius 3 is 2.09 bits per heavy atom. The first-order valence-corrected chi connectivity index (χ1v) is 16.2. The van der Waals surface area contributed by atoms with Crippen molar-refractivity contribution in [3.05, 3.63) is 130 Å². The summed E-state index contributed by atoms with van der Waals surface area (Å²) in [5.41, 5.74) is 1.49. The summed E-state index contributed by atoms with van der Waals surface area (Å²) < 4.78 is 42.6. The fourth-order valence-electron chi connectivity index (χ4n) is 4.61. The van der Waals surface area contributed by atoms with E-state index in [9.17, 15) is 22.4 Å². The fourth-order valence-corrected chi connectivity index (χ4v) is 6.37. The molecule has 0 heterocycles. The molecule has 0 spiro atoms. The molecule has 44 heavy (non-hydrogen) atoms. The molecule has 4 aromatic rings. The molecule has 1 unspecified atom stereocenters. The zero-order valence-electron chi connectivity index (χ0n) is 24.0. The van der Waals surface area contributed by atoms with Crippen LogP contribution >= 0.6 is 23.2 Å². The van der Waals surface area contributed by atoms with Crippen molar-refractivity contribution in [3.63, 3.8) is 0 Å². The van der Waals surface area contributed by atoms with E-state index >= 15 is 0 Å². The lowest BCUT2D eigenvalue weighted by molar-refractivity contribution is -0.140. The minimum absolute atomic E-state index is 0.0466. The van der Waals surface area contributed by atoms with Crippen LogP contribution in [0.1, 0.15) is 24.5 Å². The molecule has 7 nitrogen and oxygen atoms in total. The van der Waals surface area contributed by atoms with E-state index in [2.05, 4.69) is 5.32 Å². The third kappa shape index (κ3) is 8.37. The highest BCUT2D eigenvalue weighted by atomic mass is 35.5. The summed E-state index contributed by atoms with van der Waals surface area (Å²) in [4.78, 5) is 29.3. The van der Waals surface area contributed by atoms with Crippen LogP contribution in [0, 0.1) is 5.82 Å². The first-order chi connectivity index (χ1) is 21.1. The Morgan fingerprint density at radius 2 is 1.48 bits per heavy atom. The van der Waals surface area contributed by atoms with Gasteiger partial charge in [0.1, 0.15) is 18.4 Å². The molecule has 0 aliphatic carbocycles. The Morgan fingerprint density at radius 1 is 0.841 bits per heavy atom. The van der Waals surface area contributed by atoms with E-state index in [4.69, 9.17) is 23.2 Å². The smallest absolute Gasteiger partial charge is 0.264 e. The molecule has 0 saturated heterocycles. The second kappa shape index (κ2) is 15.2. The average molecular weight is 657 g/mol. The molecule has 4 rings (SSSR count). The summed E-state index contributed by atoms with van der Waals surface area (Å²) in [6.07, 6.45) is 0.851. The van der Waals surface area contributed by atoms with Crippen molar-refractivity contribution >= 4 is 50.7 Å². The van der Waals surface area contributed by atoms with Gasteiger partial charge < -0.3 is 10.2 Å². The van der Waals surface area contributed by atoms with Crippen molar-refractivity contribution in [1.29, 1.82) is 0 Å². The lowest BCUT2D eigenvalue weighted by atomic mass is 10.0. The molecular weight excluding hydrogens is 624 g/mol. The van der Waals surface area contributed by atoms with Crippen LogP contribution in [-0.4, -0.2) is 44.3 Å². The van der Waals surface area contributed by atoms with Crippen molar-refractivity contribution < 1.29 is 22.4 Å². The predicted octanol–water partition coefficient (Wildman–Crippen LogP) is 6.49. The van der Waals surface area contributed by atoms with Crippen LogP contribution in [0.5, 0.6) is 0 Å². The second-order valence-corrected chi connectivity index (χ2v) is 12.7.